The summed E-state index contributed by atoms with van der Waals surface area (Å²) in [5, 5.41) is 3.78. The van der Waals surface area contributed by atoms with Crippen LogP contribution in [0.25, 0.3) is 22.3 Å². The van der Waals surface area contributed by atoms with E-state index in [-0.39, 0.29) is 0 Å². The maximum absolute atomic E-state index is 6.16. The van der Waals surface area contributed by atoms with Crippen LogP contribution >= 0.6 is 0 Å². The van der Waals surface area contributed by atoms with Crippen molar-refractivity contribution in [1.82, 2.24) is 4.68 Å². The average Bonchev–Trinajstić information content (AvgIpc) is 2.57. The molecule has 0 atom stereocenters. The molecule has 3 rings (SSSR count). The second-order valence-corrected chi connectivity index (χ2v) is 6.17. The SMILES string of the molecule is CCN(N)c1cc2oc3c/c(=[N+](\N)CC)c(C)cc-3cc2cc1C. The van der Waals surface area contributed by atoms with Crippen molar-refractivity contribution in [2.75, 3.05) is 18.1 Å². The summed E-state index contributed by atoms with van der Waals surface area (Å²) >= 11 is 0. The Labute approximate surface area is 142 Å². The molecule has 126 valence electrons. The number of rotatable bonds is 3. The van der Waals surface area contributed by atoms with Crippen molar-refractivity contribution in [3.05, 3.63) is 46.8 Å². The van der Waals surface area contributed by atoms with Crippen LogP contribution in [0.15, 0.2) is 34.7 Å². The lowest BCUT2D eigenvalue weighted by molar-refractivity contribution is 0.604. The highest BCUT2D eigenvalue weighted by molar-refractivity contribution is 5.87. The summed E-state index contributed by atoms with van der Waals surface area (Å²) in [5.41, 5.74) is 5.14. The van der Waals surface area contributed by atoms with Crippen LogP contribution in [0.4, 0.5) is 5.69 Å². The lowest BCUT2D eigenvalue weighted by Crippen LogP contribution is -2.37. The van der Waals surface area contributed by atoms with E-state index in [9.17, 15) is 0 Å². The van der Waals surface area contributed by atoms with E-state index in [1.165, 1.54) is 0 Å². The summed E-state index contributed by atoms with van der Waals surface area (Å²) in [7, 11) is 0. The molecule has 1 aliphatic heterocycles. The van der Waals surface area contributed by atoms with Gasteiger partial charge in [-0.15, -0.1) is 4.68 Å². The first kappa shape index (κ1) is 16.3. The molecule has 0 saturated heterocycles. The summed E-state index contributed by atoms with van der Waals surface area (Å²) in [6.45, 7) is 9.66. The number of nitrogens with two attached hydrogens (primary N) is 2. The van der Waals surface area contributed by atoms with E-state index in [1.807, 2.05) is 26.0 Å². The highest BCUT2D eigenvalue weighted by atomic mass is 16.3. The Morgan fingerprint density at radius 3 is 2.46 bits per heavy atom. The molecule has 1 aromatic carbocycles. The molecule has 1 heterocycles. The number of hydrogen-bond acceptors (Lipinski definition) is 4. The molecule has 24 heavy (non-hydrogen) atoms. The summed E-state index contributed by atoms with van der Waals surface area (Å²) < 4.78 is 7.89. The Bertz CT molecular complexity index is 942. The zero-order valence-corrected chi connectivity index (χ0v) is 14.8. The van der Waals surface area contributed by atoms with Crippen molar-refractivity contribution in [1.29, 1.82) is 0 Å². The van der Waals surface area contributed by atoms with E-state index >= 15 is 0 Å². The molecular weight excluding hydrogens is 300 g/mol. The van der Waals surface area contributed by atoms with Gasteiger partial charge in [0.15, 0.2) is 6.54 Å². The molecule has 0 aromatic heterocycles. The molecule has 0 radical (unpaired) electrons. The van der Waals surface area contributed by atoms with Crippen molar-refractivity contribution in [2.45, 2.75) is 27.7 Å². The third kappa shape index (κ3) is 2.71. The zero-order valence-electron chi connectivity index (χ0n) is 14.8. The average molecular weight is 325 g/mol. The van der Waals surface area contributed by atoms with Gasteiger partial charge in [0.1, 0.15) is 11.3 Å². The van der Waals surface area contributed by atoms with Crippen molar-refractivity contribution in [3.8, 4) is 11.3 Å². The largest absolute Gasteiger partial charge is 0.456 e. The maximum Gasteiger partial charge on any atom is 0.235 e. The Morgan fingerprint density at radius 2 is 1.79 bits per heavy atom. The number of aryl methyl sites for hydroxylation is 2. The van der Waals surface area contributed by atoms with Crippen LogP contribution in [0.1, 0.15) is 25.0 Å². The highest BCUT2D eigenvalue weighted by Gasteiger charge is 2.14. The van der Waals surface area contributed by atoms with Gasteiger partial charge in [-0.25, -0.2) is 11.7 Å². The Kier molecular flexibility index (Phi) is 4.20. The van der Waals surface area contributed by atoms with Crippen LogP contribution in [0.2, 0.25) is 0 Å². The van der Waals surface area contributed by atoms with Crippen molar-refractivity contribution in [3.63, 3.8) is 0 Å². The number of hydrazine groups is 2. The fraction of sp³-hybridized carbons (Fsp3) is 0.316. The standard InChI is InChI=1S/C19H25N4O/c1-5-22(20)16-10-18-14(7-12(16)3)9-15-8-13(4)17(23(21)6-2)11-19(15)24-18/h7-11H,5-6,20-21H2,1-4H3/q+1. The van der Waals surface area contributed by atoms with Gasteiger partial charge in [0.25, 0.3) is 0 Å². The van der Waals surface area contributed by atoms with Crippen LogP contribution in [-0.2, 0) is 0 Å². The van der Waals surface area contributed by atoms with Crippen LogP contribution in [0.5, 0.6) is 0 Å². The maximum atomic E-state index is 6.16. The molecule has 2 aliphatic rings. The van der Waals surface area contributed by atoms with Crippen molar-refractivity contribution in [2.24, 2.45) is 11.7 Å². The van der Waals surface area contributed by atoms with Gasteiger partial charge in [0.05, 0.1) is 11.8 Å². The summed E-state index contributed by atoms with van der Waals surface area (Å²) in [4.78, 5) is 0. The number of benzene rings is 2. The molecule has 5 nitrogen and oxygen atoms in total. The number of anilines is 1. The van der Waals surface area contributed by atoms with Gasteiger partial charge in [-0.1, -0.05) is 0 Å². The fourth-order valence-corrected chi connectivity index (χ4v) is 3.05. The second kappa shape index (κ2) is 6.17. The van der Waals surface area contributed by atoms with Crippen LogP contribution in [-0.4, -0.2) is 13.1 Å². The first-order chi connectivity index (χ1) is 11.4. The monoisotopic (exact) mass is 325 g/mol. The van der Waals surface area contributed by atoms with Crippen LogP contribution in [0.3, 0.4) is 0 Å². The van der Waals surface area contributed by atoms with Gasteiger partial charge in [0.2, 0.25) is 5.36 Å². The number of fused-ring (bicyclic) bond motifs is 2. The summed E-state index contributed by atoms with van der Waals surface area (Å²) in [6.07, 6.45) is 0. The molecule has 0 fully saturated rings. The molecule has 0 bridgehead atoms. The van der Waals surface area contributed by atoms with Crippen LogP contribution in [0, 0.1) is 13.8 Å². The normalized spacial score (nSPS) is 12.7. The van der Waals surface area contributed by atoms with Crippen molar-refractivity contribution < 1.29 is 4.42 Å². The van der Waals surface area contributed by atoms with E-state index < -0.39 is 0 Å². The summed E-state index contributed by atoms with van der Waals surface area (Å²) in [5.74, 6) is 13.0. The van der Waals surface area contributed by atoms with E-state index in [2.05, 4.69) is 32.0 Å². The predicted octanol–water partition coefficient (Wildman–Crippen LogP) is 2.52. The van der Waals surface area contributed by atoms with E-state index in [0.717, 1.165) is 57.6 Å². The lowest BCUT2D eigenvalue weighted by Gasteiger charge is -2.19. The van der Waals surface area contributed by atoms with Gasteiger partial charge in [0, 0.05) is 29.1 Å². The lowest BCUT2D eigenvalue weighted by atomic mass is 10.0. The highest BCUT2D eigenvalue weighted by Crippen LogP contribution is 2.31. The van der Waals surface area contributed by atoms with Gasteiger partial charge < -0.3 is 9.43 Å². The first-order valence-corrected chi connectivity index (χ1v) is 8.31. The Morgan fingerprint density at radius 1 is 1.04 bits per heavy atom. The van der Waals surface area contributed by atoms with Crippen LogP contribution < -0.4 is 26.7 Å². The smallest absolute Gasteiger partial charge is 0.235 e. The summed E-state index contributed by atoms with van der Waals surface area (Å²) in [6, 6.07) is 10.4. The topological polar surface area (TPSA) is 71.4 Å². The molecule has 1 aliphatic carbocycles. The molecule has 1 aromatic rings. The minimum atomic E-state index is 0.738. The van der Waals surface area contributed by atoms with Gasteiger partial charge >= 0.3 is 0 Å². The fourth-order valence-electron chi connectivity index (χ4n) is 3.05. The minimum Gasteiger partial charge on any atom is -0.456 e. The van der Waals surface area contributed by atoms with E-state index in [0.29, 0.717) is 0 Å². The molecule has 4 N–H and O–H groups in total. The molecule has 0 saturated carbocycles. The van der Waals surface area contributed by atoms with Gasteiger partial charge in [-0.05, 0) is 51.5 Å². The Balaban J connectivity index is 2.32. The molecule has 5 heteroatoms. The minimum absolute atomic E-state index is 0.738. The molecular formula is C19H25N4O+. The Hall–Kier alpha value is -2.53. The zero-order chi connectivity index (χ0) is 17.4. The van der Waals surface area contributed by atoms with Gasteiger partial charge in [-0.3, -0.25) is 0 Å². The molecule has 0 unspecified atom stereocenters. The van der Waals surface area contributed by atoms with Crippen molar-refractivity contribution >= 4 is 16.7 Å². The second-order valence-electron chi connectivity index (χ2n) is 6.17. The van der Waals surface area contributed by atoms with E-state index in [1.54, 1.807) is 9.69 Å². The number of hydrogen-bond donors (Lipinski definition) is 2. The quantitative estimate of drug-likeness (QED) is 0.336. The van der Waals surface area contributed by atoms with E-state index in [4.69, 9.17) is 16.1 Å². The van der Waals surface area contributed by atoms with Gasteiger partial charge in [-0.2, -0.15) is 0 Å². The molecule has 0 amide bonds. The third-order valence-corrected chi connectivity index (χ3v) is 4.49. The molecule has 0 spiro atoms. The first-order valence-electron chi connectivity index (χ1n) is 8.31. The predicted molar refractivity (Wildman–Crippen MR) is 99.5 cm³/mol. The third-order valence-electron chi connectivity index (χ3n) is 4.49. The number of nitrogens with zero attached hydrogens (tertiary/aromatic N) is 2.